The lowest BCUT2D eigenvalue weighted by atomic mass is 10.0. The van der Waals surface area contributed by atoms with Crippen molar-refractivity contribution >= 4 is 63.1 Å². The summed E-state index contributed by atoms with van der Waals surface area (Å²) in [7, 11) is 6.25. The molecular formula is C44H39N7O. The Morgan fingerprint density at radius 1 is 0.462 bits per heavy atom. The van der Waals surface area contributed by atoms with Crippen LogP contribution in [0.5, 0.6) is 5.75 Å². The summed E-state index contributed by atoms with van der Waals surface area (Å²) >= 11 is 0. The standard InChI is InChI=1S/C44H39N7O/c1-49-22-16-29(17-23-49)42-35-10-8-33(45-35)41(28-4-6-32(52)7-5-28)34-9-11-36(46-34)43(30-18-24-50(2)25-19-30)38-13-15-40(48-38)44(39-14-12-37(42)47-39)31-20-26-51(3)27-21-31/h4-22,24,26,45,48,52H,23,25,27H2,1-3H3. The molecule has 8 heteroatoms. The number of nitrogens with one attached hydrogen (secondary N) is 2. The first-order valence-corrected chi connectivity index (χ1v) is 17.6. The second-order valence-corrected chi connectivity index (χ2v) is 13.8. The minimum absolute atomic E-state index is 0.220. The van der Waals surface area contributed by atoms with Crippen LogP contribution in [0.2, 0.25) is 0 Å². The maximum Gasteiger partial charge on any atom is 0.115 e. The van der Waals surface area contributed by atoms with Gasteiger partial charge in [0.2, 0.25) is 0 Å². The summed E-state index contributed by atoms with van der Waals surface area (Å²) in [4.78, 5) is 24.9. The van der Waals surface area contributed by atoms with Gasteiger partial charge in [-0.3, -0.25) is 0 Å². The Morgan fingerprint density at radius 2 is 0.808 bits per heavy atom. The molecule has 8 heterocycles. The smallest absolute Gasteiger partial charge is 0.115 e. The van der Waals surface area contributed by atoms with E-state index in [1.54, 1.807) is 12.1 Å². The van der Waals surface area contributed by atoms with Gasteiger partial charge >= 0.3 is 0 Å². The lowest BCUT2D eigenvalue weighted by Gasteiger charge is -2.18. The Labute approximate surface area is 302 Å². The monoisotopic (exact) mass is 681 g/mol. The molecule has 0 spiro atoms. The third-order valence-corrected chi connectivity index (χ3v) is 10.1. The molecule has 0 atom stereocenters. The van der Waals surface area contributed by atoms with E-state index in [9.17, 15) is 5.11 Å². The second-order valence-electron chi connectivity index (χ2n) is 13.8. The van der Waals surface area contributed by atoms with E-state index >= 15 is 0 Å². The summed E-state index contributed by atoms with van der Waals surface area (Å²) < 4.78 is 0. The van der Waals surface area contributed by atoms with Crippen molar-refractivity contribution in [2.24, 2.45) is 0 Å². The Balaban J connectivity index is 1.43. The molecule has 0 saturated heterocycles. The summed E-state index contributed by atoms with van der Waals surface area (Å²) in [6, 6.07) is 16.0. The number of allylic oxidation sites excluding steroid dienone is 6. The molecular weight excluding hydrogens is 643 g/mol. The van der Waals surface area contributed by atoms with Crippen molar-refractivity contribution < 1.29 is 5.11 Å². The minimum Gasteiger partial charge on any atom is -0.508 e. The predicted octanol–water partition coefficient (Wildman–Crippen LogP) is 8.56. The van der Waals surface area contributed by atoms with Crippen molar-refractivity contribution in [3.8, 4) is 16.9 Å². The topological polar surface area (TPSA) is 87.3 Å². The van der Waals surface area contributed by atoms with Crippen LogP contribution >= 0.6 is 0 Å². The highest BCUT2D eigenvalue weighted by atomic mass is 16.3. The zero-order valence-corrected chi connectivity index (χ0v) is 29.4. The van der Waals surface area contributed by atoms with Crippen molar-refractivity contribution in [3.63, 3.8) is 0 Å². The fourth-order valence-electron chi connectivity index (χ4n) is 7.34. The van der Waals surface area contributed by atoms with Crippen LogP contribution in [0.1, 0.15) is 39.5 Å². The van der Waals surface area contributed by atoms with Crippen LogP contribution in [-0.4, -0.2) is 80.5 Å². The average Bonchev–Trinajstić information content (AvgIpc) is 3.99. The van der Waals surface area contributed by atoms with Gasteiger partial charge in [-0.2, -0.15) is 0 Å². The van der Waals surface area contributed by atoms with Gasteiger partial charge in [-0.15, -0.1) is 0 Å². The molecule has 5 aliphatic heterocycles. The van der Waals surface area contributed by atoms with Gasteiger partial charge < -0.3 is 29.8 Å². The lowest BCUT2D eigenvalue weighted by molar-refractivity contribution is 0.475. The van der Waals surface area contributed by atoms with Gasteiger partial charge in [-0.05, 0) is 120 Å². The summed E-state index contributed by atoms with van der Waals surface area (Å²) in [5.41, 5.74) is 15.7. The molecule has 9 rings (SSSR count). The van der Waals surface area contributed by atoms with Crippen molar-refractivity contribution in [2.75, 3.05) is 40.8 Å². The van der Waals surface area contributed by atoms with Crippen molar-refractivity contribution in [1.82, 2.24) is 34.6 Å². The number of phenolic OH excluding ortho intramolecular Hbond substituents is 1. The number of aromatic amines is 2. The van der Waals surface area contributed by atoms with Gasteiger partial charge in [-0.25, -0.2) is 9.97 Å². The molecule has 256 valence electrons. The third kappa shape index (κ3) is 5.68. The molecule has 0 fully saturated rings. The van der Waals surface area contributed by atoms with Gasteiger partial charge in [0.05, 0.1) is 22.8 Å². The molecule has 4 aromatic rings. The fraction of sp³-hybridized carbons (Fsp3) is 0.136. The number of benzene rings is 1. The Kier molecular flexibility index (Phi) is 7.65. The van der Waals surface area contributed by atoms with Crippen LogP contribution < -0.4 is 0 Å². The van der Waals surface area contributed by atoms with Crippen LogP contribution in [-0.2, 0) is 0 Å². The molecule has 8 bridgehead atoms. The van der Waals surface area contributed by atoms with Gasteiger partial charge in [0, 0.05) is 85.1 Å². The van der Waals surface area contributed by atoms with E-state index in [1.165, 1.54) is 0 Å². The Bertz CT molecular complexity index is 2520. The van der Waals surface area contributed by atoms with Crippen LogP contribution in [0.25, 0.3) is 74.2 Å². The summed E-state index contributed by atoms with van der Waals surface area (Å²) in [6.45, 7) is 2.42. The first-order chi connectivity index (χ1) is 25.4. The summed E-state index contributed by atoms with van der Waals surface area (Å²) in [5.74, 6) is 0.220. The minimum atomic E-state index is 0.220. The van der Waals surface area contributed by atoms with Crippen LogP contribution in [0, 0.1) is 0 Å². The Hall–Kier alpha value is -6.54. The van der Waals surface area contributed by atoms with E-state index in [0.717, 1.165) is 109 Å². The van der Waals surface area contributed by atoms with Crippen LogP contribution in [0.15, 0.2) is 104 Å². The molecule has 0 radical (unpaired) electrons. The van der Waals surface area contributed by atoms with Gasteiger partial charge in [0.15, 0.2) is 0 Å². The zero-order chi connectivity index (χ0) is 35.3. The number of rotatable bonds is 4. The molecule has 8 nitrogen and oxygen atoms in total. The molecule has 0 aliphatic carbocycles. The number of hydrogen-bond donors (Lipinski definition) is 3. The third-order valence-electron chi connectivity index (χ3n) is 10.1. The molecule has 0 saturated carbocycles. The number of phenols is 1. The zero-order valence-electron chi connectivity index (χ0n) is 29.4. The van der Waals surface area contributed by atoms with Crippen molar-refractivity contribution in [1.29, 1.82) is 0 Å². The molecule has 5 aliphatic rings. The average molecular weight is 682 g/mol. The first kappa shape index (κ1) is 31.4. The van der Waals surface area contributed by atoms with E-state index in [1.807, 2.05) is 12.1 Å². The van der Waals surface area contributed by atoms with E-state index in [0.29, 0.717) is 0 Å². The van der Waals surface area contributed by atoms with E-state index < -0.39 is 0 Å². The van der Waals surface area contributed by atoms with Gasteiger partial charge in [0.1, 0.15) is 5.75 Å². The summed E-state index contributed by atoms with van der Waals surface area (Å²) in [5, 5.41) is 10.2. The molecule has 3 N–H and O–H groups in total. The number of nitrogens with zero attached hydrogens (tertiary/aromatic N) is 5. The number of likely N-dealkylation sites (N-methyl/N-ethyl adjacent to an activating group) is 3. The largest absolute Gasteiger partial charge is 0.508 e. The predicted molar refractivity (Wildman–Crippen MR) is 215 cm³/mol. The number of H-pyrrole nitrogens is 2. The van der Waals surface area contributed by atoms with E-state index in [-0.39, 0.29) is 5.75 Å². The van der Waals surface area contributed by atoms with Gasteiger partial charge in [-0.1, -0.05) is 30.4 Å². The van der Waals surface area contributed by atoms with Crippen molar-refractivity contribution in [2.45, 2.75) is 0 Å². The number of hydrogen-bond acceptors (Lipinski definition) is 6. The van der Waals surface area contributed by atoms with E-state index in [4.69, 9.17) is 9.97 Å². The quantitative estimate of drug-likeness (QED) is 0.173. The lowest BCUT2D eigenvalue weighted by Crippen LogP contribution is -2.13. The molecule has 3 aromatic heterocycles. The fourth-order valence-corrected chi connectivity index (χ4v) is 7.34. The normalized spacial score (nSPS) is 16.4. The Morgan fingerprint density at radius 3 is 1.15 bits per heavy atom. The molecule has 52 heavy (non-hydrogen) atoms. The second kappa shape index (κ2) is 12.7. The van der Waals surface area contributed by atoms with Crippen LogP contribution in [0.4, 0.5) is 0 Å². The maximum absolute atomic E-state index is 10.2. The van der Waals surface area contributed by atoms with E-state index in [2.05, 4.69) is 149 Å². The first-order valence-electron chi connectivity index (χ1n) is 17.6. The summed E-state index contributed by atoms with van der Waals surface area (Å²) in [6.07, 6.45) is 28.1. The highest BCUT2D eigenvalue weighted by molar-refractivity contribution is 5.99. The molecule has 1 aromatic carbocycles. The van der Waals surface area contributed by atoms with Crippen molar-refractivity contribution in [3.05, 3.63) is 143 Å². The highest BCUT2D eigenvalue weighted by Gasteiger charge is 2.21. The molecule has 0 amide bonds. The number of aromatic nitrogens is 4. The highest BCUT2D eigenvalue weighted by Crippen LogP contribution is 2.37. The maximum atomic E-state index is 10.2. The van der Waals surface area contributed by atoms with Gasteiger partial charge in [0.25, 0.3) is 0 Å². The molecule has 0 unspecified atom stereocenters. The SMILES string of the molecule is CN1C=CC(c2c3nc(c(C4=CCN(C)C=C4)c4ccc([nH]4)c(-c4ccc(O)cc4)c4nc(c(C5=CCN(C)C=C5)c5ccc2[nH]5)C=C4)C=C3)=CC1. The number of aromatic hydroxyl groups is 1. The number of fused-ring (bicyclic) bond motifs is 8. The van der Waals surface area contributed by atoms with Crippen LogP contribution in [0.3, 0.4) is 0 Å².